The molecule has 2 aromatic rings. The quantitative estimate of drug-likeness (QED) is 0.798. The van der Waals surface area contributed by atoms with E-state index in [1.165, 1.54) is 19.3 Å². The molecule has 1 fully saturated rings. The Balaban J connectivity index is 1.50. The first kappa shape index (κ1) is 20.7. The van der Waals surface area contributed by atoms with Gasteiger partial charge in [-0.15, -0.1) is 0 Å². The Morgan fingerprint density at radius 1 is 0.931 bits per heavy atom. The van der Waals surface area contributed by atoms with E-state index in [0.29, 0.717) is 22.7 Å². The lowest BCUT2D eigenvalue weighted by atomic mass is 10.1. The molecule has 0 atom stereocenters. The summed E-state index contributed by atoms with van der Waals surface area (Å²) in [6.45, 7) is 1.53. The third-order valence-electron chi connectivity index (χ3n) is 4.97. The number of amides is 2. The van der Waals surface area contributed by atoms with Crippen molar-refractivity contribution in [3.8, 4) is 11.5 Å². The standard InChI is InChI=1S/C23H28N2O4/c1-28-21-9-7-8-19(16-21)24-22(26)17-29-20-12-10-18(11-13-20)23(27)25-14-5-3-2-4-6-15-25/h7-13,16H,2-6,14-15,17H2,1H3,(H,24,26). The minimum absolute atomic E-state index is 0.0641. The van der Waals surface area contributed by atoms with Crippen LogP contribution in [0.1, 0.15) is 42.5 Å². The van der Waals surface area contributed by atoms with E-state index in [-0.39, 0.29) is 18.4 Å². The Morgan fingerprint density at radius 2 is 1.62 bits per heavy atom. The number of rotatable bonds is 6. The average Bonchev–Trinajstić information content (AvgIpc) is 2.72. The van der Waals surface area contributed by atoms with Gasteiger partial charge in [-0.1, -0.05) is 25.3 Å². The lowest BCUT2D eigenvalue weighted by Crippen LogP contribution is -2.33. The van der Waals surface area contributed by atoms with Gasteiger partial charge in [-0.3, -0.25) is 9.59 Å². The van der Waals surface area contributed by atoms with E-state index in [2.05, 4.69) is 5.32 Å². The maximum absolute atomic E-state index is 12.7. The van der Waals surface area contributed by atoms with Gasteiger partial charge in [-0.25, -0.2) is 0 Å². The first-order chi connectivity index (χ1) is 14.2. The lowest BCUT2D eigenvalue weighted by Gasteiger charge is -2.24. The highest BCUT2D eigenvalue weighted by molar-refractivity contribution is 5.94. The second kappa shape index (κ2) is 10.5. The number of anilines is 1. The topological polar surface area (TPSA) is 67.9 Å². The summed E-state index contributed by atoms with van der Waals surface area (Å²) in [5.41, 5.74) is 1.30. The Labute approximate surface area is 171 Å². The van der Waals surface area contributed by atoms with Crippen LogP contribution in [0.15, 0.2) is 48.5 Å². The Morgan fingerprint density at radius 3 is 2.31 bits per heavy atom. The molecule has 0 unspecified atom stereocenters. The molecule has 1 aliphatic heterocycles. The highest BCUT2D eigenvalue weighted by atomic mass is 16.5. The molecule has 0 aliphatic carbocycles. The number of methoxy groups -OCH3 is 1. The molecule has 1 N–H and O–H groups in total. The molecule has 0 saturated carbocycles. The summed E-state index contributed by atoms with van der Waals surface area (Å²) in [5.74, 6) is 1.02. The van der Waals surface area contributed by atoms with E-state index in [4.69, 9.17) is 9.47 Å². The number of benzene rings is 2. The normalized spacial score (nSPS) is 14.4. The fraction of sp³-hybridized carbons (Fsp3) is 0.391. The van der Waals surface area contributed by atoms with E-state index in [1.807, 2.05) is 11.0 Å². The third-order valence-corrected chi connectivity index (χ3v) is 4.97. The fourth-order valence-corrected chi connectivity index (χ4v) is 3.37. The van der Waals surface area contributed by atoms with Gasteiger partial charge < -0.3 is 19.7 Å². The number of hydrogen-bond donors (Lipinski definition) is 1. The lowest BCUT2D eigenvalue weighted by molar-refractivity contribution is -0.118. The van der Waals surface area contributed by atoms with E-state index < -0.39 is 0 Å². The zero-order valence-electron chi connectivity index (χ0n) is 16.9. The number of nitrogens with zero attached hydrogens (tertiary/aromatic N) is 1. The molecule has 0 radical (unpaired) electrons. The van der Waals surface area contributed by atoms with Crippen LogP contribution >= 0.6 is 0 Å². The number of nitrogens with one attached hydrogen (secondary N) is 1. The van der Waals surface area contributed by atoms with E-state index in [0.717, 1.165) is 25.9 Å². The van der Waals surface area contributed by atoms with Gasteiger partial charge >= 0.3 is 0 Å². The maximum Gasteiger partial charge on any atom is 0.262 e. The predicted octanol–water partition coefficient (Wildman–Crippen LogP) is 4.12. The van der Waals surface area contributed by atoms with Crippen LogP contribution in [0, 0.1) is 0 Å². The van der Waals surface area contributed by atoms with Crippen molar-refractivity contribution in [3.05, 3.63) is 54.1 Å². The summed E-state index contributed by atoms with van der Waals surface area (Å²) in [6, 6.07) is 14.1. The molecule has 6 nitrogen and oxygen atoms in total. The summed E-state index contributed by atoms with van der Waals surface area (Å²) in [7, 11) is 1.58. The van der Waals surface area contributed by atoms with Crippen LogP contribution in [-0.4, -0.2) is 43.5 Å². The summed E-state index contributed by atoms with van der Waals surface area (Å²) >= 11 is 0. The molecule has 0 aromatic heterocycles. The molecular weight excluding hydrogens is 368 g/mol. The van der Waals surface area contributed by atoms with E-state index in [9.17, 15) is 9.59 Å². The van der Waals surface area contributed by atoms with Gasteiger partial charge in [0, 0.05) is 30.4 Å². The monoisotopic (exact) mass is 396 g/mol. The van der Waals surface area contributed by atoms with Crippen molar-refractivity contribution in [3.63, 3.8) is 0 Å². The number of carbonyl (C=O) groups excluding carboxylic acids is 2. The van der Waals surface area contributed by atoms with E-state index in [1.54, 1.807) is 49.6 Å². The number of ether oxygens (including phenoxy) is 2. The highest BCUT2D eigenvalue weighted by Crippen LogP contribution is 2.18. The average molecular weight is 396 g/mol. The minimum Gasteiger partial charge on any atom is -0.497 e. The SMILES string of the molecule is COc1cccc(NC(=O)COc2ccc(C(=O)N3CCCCCCC3)cc2)c1. The van der Waals surface area contributed by atoms with Crippen molar-refractivity contribution in [1.29, 1.82) is 0 Å². The second-order valence-corrected chi connectivity index (χ2v) is 7.15. The maximum atomic E-state index is 12.7. The first-order valence-electron chi connectivity index (χ1n) is 10.1. The summed E-state index contributed by atoms with van der Waals surface area (Å²) < 4.78 is 10.7. The molecule has 29 heavy (non-hydrogen) atoms. The van der Waals surface area contributed by atoms with Gasteiger partial charge in [-0.2, -0.15) is 0 Å². The largest absolute Gasteiger partial charge is 0.497 e. The van der Waals surface area contributed by atoms with Crippen molar-refractivity contribution in [2.75, 3.05) is 32.1 Å². The van der Waals surface area contributed by atoms with E-state index >= 15 is 0 Å². The van der Waals surface area contributed by atoms with Crippen molar-refractivity contribution < 1.29 is 19.1 Å². The van der Waals surface area contributed by atoms with Crippen LogP contribution in [0.3, 0.4) is 0 Å². The Hall–Kier alpha value is -3.02. The summed E-state index contributed by atoms with van der Waals surface area (Å²) in [5, 5.41) is 2.77. The molecule has 0 spiro atoms. The molecular formula is C23H28N2O4. The predicted molar refractivity (Wildman–Crippen MR) is 113 cm³/mol. The number of likely N-dealkylation sites (tertiary alicyclic amines) is 1. The molecule has 1 aliphatic rings. The minimum atomic E-state index is -0.265. The molecule has 0 bridgehead atoms. The zero-order valence-corrected chi connectivity index (χ0v) is 16.9. The van der Waals surface area contributed by atoms with Crippen LogP contribution in [0.2, 0.25) is 0 Å². The van der Waals surface area contributed by atoms with Crippen LogP contribution in [0.4, 0.5) is 5.69 Å². The van der Waals surface area contributed by atoms with Crippen LogP contribution in [0.5, 0.6) is 11.5 Å². The molecule has 1 heterocycles. The van der Waals surface area contributed by atoms with Crippen molar-refractivity contribution in [2.24, 2.45) is 0 Å². The third kappa shape index (κ3) is 6.24. The van der Waals surface area contributed by atoms with Crippen LogP contribution in [-0.2, 0) is 4.79 Å². The molecule has 6 heteroatoms. The van der Waals surface area contributed by atoms with Gasteiger partial charge in [0.1, 0.15) is 11.5 Å². The summed E-state index contributed by atoms with van der Waals surface area (Å²) in [4.78, 5) is 26.7. The molecule has 2 aromatic carbocycles. The highest BCUT2D eigenvalue weighted by Gasteiger charge is 2.16. The van der Waals surface area contributed by atoms with Gasteiger partial charge in [0.05, 0.1) is 7.11 Å². The molecule has 2 amide bonds. The molecule has 1 saturated heterocycles. The molecule has 3 rings (SSSR count). The smallest absolute Gasteiger partial charge is 0.262 e. The van der Waals surface area contributed by atoms with Gasteiger partial charge in [0.25, 0.3) is 11.8 Å². The first-order valence-corrected chi connectivity index (χ1v) is 10.1. The van der Waals surface area contributed by atoms with Crippen molar-refractivity contribution >= 4 is 17.5 Å². The van der Waals surface area contributed by atoms with Crippen molar-refractivity contribution in [2.45, 2.75) is 32.1 Å². The second-order valence-electron chi connectivity index (χ2n) is 7.15. The van der Waals surface area contributed by atoms with Gasteiger partial charge in [0.2, 0.25) is 0 Å². The Kier molecular flexibility index (Phi) is 7.50. The summed E-state index contributed by atoms with van der Waals surface area (Å²) in [6.07, 6.45) is 5.77. The molecule has 154 valence electrons. The van der Waals surface area contributed by atoms with Gasteiger partial charge in [0.15, 0.2) is 6.61 Å². The van der Waals surface area contributed by atoms with Crippen molar-refractivity contribution in [1.82, 2.24) is 4.90 Å². The number of hydrogen-bond acceptors (Lipinski definition) is 4. The number of carbonyl (C=O) groups is 2. The zero-order chi connectivity index (χ0) is 20.5. The van der Waals surface area contributed by atoms with Crippen LogP contribution < -0.4 is 14.8 Å². The fourth-order valence-electron chi connectivity index (χ4n) is 3.37. The van der Waals surface area contributed by atoms with Crippen LogP contribution in [0.25, 0.3) is 0 Å². The Bertz CT molecular complexity index is 812. The van der Waals surface area contributed by atoms with Gasteiger partial charge in [-0.05, 0) is 49.2 Å².